The minimum absolute atomic E-state index is 0.159. The zero-order valence-corrected chi connectivity index (χ0v) is 8.47. The Balaban J connectivity index is 2.67. The molecule has 13 heavy (non-hydrogen) atoms. The molecule has 1 rings (SSSR count). The van der Waals surface area contributed by atoms with E-state index in [1.165, 1.54) is 0 Å². The van der Waals surface area contributed by atoms with Gasteiger partial charge in [0.2, 0.25) is 10.0 Å². The molecule has 0 spiro atoms. The number of ether oxygens (including phenoxy) is 2. The summed E-state index contributed by atoms with van der Waals surface area (Å²) < 4.78 is 32.3. The maximum Gasteiger partial charge on any atom is 0.212 e. The molecule has 1 aliphatic rings. The highest BCUT2D eigenvalue weighted by molar-refractivity contribution is 7.89. The first-order chi connectivity index (χ1) is 5.97. The van der Waals surface area contributed by atoms with Gasteiger partial charge < -0.3 is 9.47 Å². The Kier molecular flexibility index (Phi) is 3.28. The van der Waals surface area contributed by atoms with Gasteiger partial charge in [0.25, 0.3) is 0 Å². The van der Waals surface area contributed by atoms with Gasteiger partial charge in [0.15, 0.2) is 0 Å². The van der Waals surface area contributed by atoms with Gasteiger partial charge in [0.05, 0.1) is 12.4 Å². The molecule has 1 atom stereocenters. The third-order valence-electron chi connectivity index (χ3n) is 1.98. The van der Waals surface area contributed by atoms with Crippen LogP contribution in [0.2, 0.25) is 0 Å². The molecule has 1 saturated heterocycles. The quantitative estimate of drug-likeness (QED) is 0.675. The second-order valence-electron chi connectivity index (χ2n) is 3.23. The summed E-state index contributed by atoms with van der Waals surface area (Å²) in [6.07, 6.45) is 0.595. The SMILES string of the molecule is CCOC1(CS(N)(=O)=O)CCOC1. The topological polar surface area (TPSA) is 78.6 Å². The van der Waals surface area contributed by atoms with Gasteiger partial charge in [-0.1, -0.05) is 0 Å². The van der Waals surface area contributed by atoms with Crippen molar-refractivity contribution in [3.05, 3.63) is 0 Å². The van der Waals surface area contributed by atoms with E-state index in [0.29, 0.717) is 26.2 Å². The van der Waals surface area contributed by atoms with Crippen molar-refractivity contribution in [2.75, 3.05) is 25.6 Å². The number of rotatable bonds is 4. The van der Waals surface area contributed by atoms with Crippen LogP contribution < -0.4 is 5.14 Å². The van der Waals surface area contributed by atoms with E-state index in [-0.39, 0.29) is 5.75 Å². The molecule has 0 aromatic carbocycles. The van der Waals surface area contributed by atoms with Crippen LogP contribution in [0.5, 0.6) is 0 Å². The fourth-order valence-corrected chi connectivity index (χ4v) is 2.57. The first kappa shape index (κ1) is 10.9. The molecule has 2 N–H and O–H groups in total. The van der Waals surface area contributed by atoms with Crippen molar-refractivity contribution in [3.8, 4) is 0 Å². The van der Waals surface area contributed by atoms with Crippen LogP contribution in [0, 0.1) is 0 Å². The van der Waals surface area contributed by atoms with Gasteiger partial charge in [-0.05, 0) is 6.92 Å². The normalized spacial score (nSPS) is 29.4. The minimum Gasteiger partial charge on any atom is -0.378 e. The monoisotopic (exact) mass is 209 g/mol. The molecule has 1 aliphatic heterocycles. The second-order valence-corrected chi connectivity index (χ2v) is 4.84. The molecule has 0 aliphatic carbocycles. The molecular weight excluding hydrogens is 194 g/mol. The Bertz CT molecular complexity index is 256. The molecule has 0 aromatic rings. The van der Waals surface area contributed by atoms with Crippen LogP contribution in [0.3, 0.4) is 0 Å². The van der Waals surface area contributed by atoms with Crippen LogP contribution >= 0.6 is 0 Å². The lowest BCUT2D eigenvalue weighted by molar-refractivity contribution is -0.0266. The summed E-state index contributed by atoms with van der Waals surface area (Å²) >= 11 is 0. The van der Waals surface area contributed by atoms with E-state index in [9.17, 15) is 8.42 Å². The van der Waals surface area contributed by atoms with Crippen molar-refractivity contribution in [2.24, 2.45) is 5.14 Å². The van der Waals surface area contributed by atoms with Crippen LogP contribution in [0.4, 0.5) is 0 Å². The van der Waals surface area contributed by atoms with Gasteiger partial charge in [0.1, 0.15) is 5.60 Å². The van der Waals surface area contributed by atoms with Crippen molar-refractivity contribution in [1.82, 2.24) is 0 Å². The lowest BCUT2D eigenvalue weighted by Gasteiger charge is -2.25. The summed E-state index contributed by atoms with van der Waals surface area (Å²) in [4.78, 5) is 0. The standard InChI is InChI=1S/C7H15NO4S/c1-2-12-7(3-4-11-5-7)6-13(8,9)10/h2-6H2,1H3,(H2,8,9,10). The third kappa shape index (κ3) is 3.22. The van der Waals surface area contributed by atoms with Gasteiger partial charge in [-0.2, -0.15) is 0 Å². The Labute approximate surface area is 78.3 Å². The summed E-state index contributed by atoms with van der Waals surface area (Å²) in [6, 6.07) is 0. The van der Waals surface area contributed by atoms with Crippen LogP contribution in [0.1, 0.15) is 13.3 Å². The molecule has 0 amide bonds. The summed E-state index contributed by atoms with van der Waals surface area (Å²) in [7, 11) is -3.49. The molecule has 0 radical (unpaired) electrons. The highest BCUT2D eigenvalue weighted by Gasteiger charge is 2.39. The van der Waals surface area contributed by atoms with E-state index in [1.807, 2.05) is 6.92 Å². The fourth-order valence-electron chi connectivity index (χ4n) is 1.53. The number of hydrogen-bond acceptors (Lipinski definition) is 4. The van der Waals surface area contributed by atoms with Gasteiger partial charge in [-0.15, -0.1) is 0 Å². The van der Waals surface area contributed by atoms with Crippen molar-refractivity contribution in [3.63, 3.8) is 0 Å². The van der Waals surface area contributed by atoms with Crippen LogP contribution in [0.25, 0.3) is 0 Å². The summed E-state index contributed by atoms with van der Waals surface area (Å²) in [5.74, 6) is -0.159. The van der Waals surface area contributed by atoms with E-state index >= 15 is 0 Å². The molecule has 1 fully saturated rings. The second kappa shape index (κ2) is 3.91. The first-order valence-corrected chi connectivity index (χ1v) is 5.91. The Morgan fingerprint density at radius 2 is 2.31 bits per heavy atom. The molecule has 0 aromatic heterocycles. The molecule has 0 saturated carbocycles. The smallest absolute Gasteiger partial charge is 0.212 e. The molecule has 0 bridgehead atoms. The molecular formula is C7H15NO4S. The Morgan fingerprint density at radius 3 is 2.69 bits per heavy atom. The Morgan fingerprint density at radius 1 is 1.62 bits per heavy atom. The summed E-state index contributed by atoms with van der Waals surface area (Å²) in [6.45, 7) is 3.15. The summed E-state index contributed by atoms with van der Waals surface area (Å²) in [5.41, 5.74) is -0.706. The minimum atomic E-state index is -3.49. The lowest BCUT2D eigenvalue weighted by Crippen LogP contribution is -2.43. The van der Waals surface area contributed by atoms with E-state index in [0.717, 1.165) is 0 Å². The average Bonchev–Trinajstić information content (AvgIpc) is 2.33. The average molecular weight is 209 g/mol. The van der Waals surface area contributed by atoms with Crippen molar-refractivity contribution in [2.45, 2.75) is 18.9 Å². The zero-order valence-electron chi connectivity index (χ0n) is 7.65. The molecule has 1 unspecified atom stereocenters. The van der Waals surface area contributed by atoms with Crippen molar-refractivity contribution in [1.29, 1.82) is 0 Å². The predicted octanol–water partition coefficient (Wildman–Crippen LogP) is -0.529. The van der Waals surface area contributed by atoms with E-state index in [4.69, 9.17) is 14.6 Å². The predicted molar refractivity (Wildman–Crippen MR) is 47.8 cm³/mol. The van der Waals surface area contributed by atoms with Crippen molar-refractivity contribution < 1.29 is 17.9 Å². The van der Waals surface area contributed by atoms with Gasteiger partial charge >= 0.3 is 0 Å². The van der Waals surface area contributed by atoms with Crippen LogP contribution in [-0.4, -0.2) is 39.6 Å². The number of primary sulfonamides is 1. The highest BCUT2D eigenvalue weighted by atomic mass is 32.2. The number of hydrogen-bond donors (Lipinski definition) is 1. The van der Waals surface area contributed by atoms with Gasteiger partial charge in [-0.3, -0.25) is 0 Å². The van der Waals surface area contributed by atoms with E-state index in [2.05, 4.69) is 0 Å². The van der Waals surface area contributed by atoms with Crippen LogP contribution in [0.15, 0.2) is 0 Å². The largest absolute Gasteiger partial charge is 0.378 e. The van der Waals surface area contributed by atoms with Gasteiger partial charge in [-0.25, -0.2) is 13.6 Å². The van der Waals surface area contributed by atoms with Gasteiger partial charge in [0, 0.05) is 19.6 Å². The van der Waals surface area contributed by atoms with Crippen LogP contribution in [-0.2, 0) is 19.5 Å². The Hall–Kier alpha value is -0.170. The maximum absolute atomic E-state index is 10.9. The molecule has 78 valence electrons. The summed E-state index contributed by atoms with van der Waals surface area (Å²) in [5, 5.41) is 4.97. The molecule has 5 nitrogen and oxygen atoms in total. The third-order valence-corrected chi connectivity index (χ3v) is 2.91. The first-order valence-electron chi connectivity index (χ1n) is 4.20. The number of nitrogens with two attached hydrogens (primary N) is 1. The highest BCUT2D eigenvalue weighted by Crippen LogP contribution is 2.24. The molecule has 6 heteroatoms. The van der Waals surface area contributed by atoms with Crippen molar-refractivity contribution >= 4 is 10.0 Å². The zero-order chi connectivity index (χ0) is 9.95. The van der Waals surface area contributed by atoms with E-state index < -0.39 is 15.6 Å². The molecule has 1 heterocycles. The fraction of sp³-hybridized carbons (Fsp3) is 1.00. The van der Waals surface area contributed by atoms with E-state index in [1.54, 1.807) is 0 Å². The number of sulfonamides is 1. The lowest BCUT2D eigenvalue weighted by atomic mass is 10.1. The maximum atomic E-state index is 10.9.